The summed E-state index contributed by atoms with van der Waals surface area (Å²) in [6, 6.07) is 19.0. The second-order valence-corrected chi connectivity index (χ2v) is 12.5. The monoisotopic (exact) mass is 569 g/mol. The first-order chi connectivity index (χ1) is 18.6. The number of halogens is 1. The normalized spacial score (nSPS) is 16.4. The minimum Gasteiger partial charge on any atom is -0.495 e. The summed E-state index contributed by atoms with van der Waals surface area (Å²) < 4.78 is 34.0. The van der Waals surface area contributed by atoms with Gasteiger partial charge in [-0.05, 0) is 80.6 Å². The fraction of sp³-hybridized carbons (Fsp3) is 0.367. The smallest absolute Gasteiger partial charge is 0.264 e. The average Bonchev–Trinajstić information content (AvgIpc) is 2.92. The lowest BCUT2D eigenvalue weighted by molar-refractivity contribution is -0.120. The number of nitrogens with one attached hydrogen (secondary N) is 1. The molecule has 0 aliphatic carbocycles. The highest BCUT2D eigenvalue weighted by Crippen LogP contribution is 2.35. The Morgan fingerprint density at radius 2 is 1.82 bits per heavy atom. The third kappa shape index (κ3) is 6.86. The van der Waals surface area contributed by atoms with Gasteiger partial charge in [0.25, 0.3) is 10.0 Å². The summed E-state index contributed by atoms with van der Waals surface area (Å²) in [5, 5.41) is 3.28. The molecule has 0 spiro atoms. The fourth-order valence-electron chi connectivity index (χ4n) is 4.89. The lowest BCUT2D eigenvalue weighted by atomic mass is 9.99. The maximum Gasteiger partial charge on any atom is 0.264 e. The first-order valence-electron chi connectivity index (χ1n) is 13.2. The third-order valence-corrected chi connectivity index (χ3v) is 9.11. The highest BCUT2D eigenvalue weighted by molar-refractivity contribution is 7.92. The second kappa shape index (κ2) is 12.3. The molecule has 3 aromatic carbocycles. The van der Waals surface area contributed by atoms with Crippen molar-refractivity contribution in [1.82, 2.24) is 5.32 Å². The van der Waals surface area contributed by atoms with E-state index in [0.717, 1.165) is 28.5 Å². The van der Waals surface area contributed by atoms with E-state index in [1.165, 1.54) is 43.8 Å². The van der Waals surface area contributed by atoms with Crippen molar-refractivity contribution >= 4 is 38.9 Å². The number of aryl methyl sites for hydroxylation is 1. The van der Waals surface area contributed by atoms with Gasteiger partial charge in [-0.2, -0.15) is 0 Å². The number of piperidine rings is 1. The topological polar surface area (TPSA) is 79.0 Å². The van der Waals surface area contributed by atoms with E-state index in [-0.39, 0.29) is 16.6 Å². The van der Waals surface area contributed by atoms with Crippen molar-refractivity contribution in [2.45, 2.75) is 44.6 Å². The van der Waals surface area contributed by atoms with E-state index in [0.29, 0.717) is 16.7 Å². The summed E-state index contributed by atoms with van der Waals surface area (Å²) in [5.74, 6) is 0.515. The Labute approximate surface area is 236 Å². The van der Waals surface area contributed by atoms with Gasteiger partial charge in [-0.1, -0.05) is 48.4 Å². The van der Waals surface area contributed by atoms with Gasteiger partial charge >= 0.3 is 0 Å². The molecule has 0 bridgehead atoms. The molecule has 2 atom stereocenters. The number of methoxy groups -OCH3 is 1. The molecule has 1 amide bonds. The Balaban J connectivity index is 1.55. The van der Waals surface area contributed by atoms with Crippen molar-refractivity contribution < 1.29 is 17.9 Å². The Morgan fingerprint density at radius 1 is 1.13 bits per heavy atom. The van der Waals surface area contributed by atoms with Crippen LogP contribution < -0.4 is 19.3 Å². The van der Waals surface area contributed by atoms with Gasteiger partial charge in [-0.3, -0.25) is 9.10 Å². The lowest BCUT2D eigenvalue weighted by Gasteiger charge is -2.33. The van der Waals surface area contributed by atoms with Gasteiger partial charge in [0.15, 0.2) is 0 Å². The number of carbonyl (C=O) groups is 1. The van der Waals surface area contributed by atoms with E-state index in [2.05, 4.69) is 29.3 Å². The summed E-state index contributed by atoms with van der Waals surface area (Å²) in [4.78, 5) is 15.7. The van der Waals surface area contributed by atoms with Crippen LogP contribution in [0.5, 0.6) is 5.75 Å². The zero-order valence-corrected chi connectivity index (χ0v) is 24.4. The van der Waals surface area contributed by atoms with Crippen molar-refractivity contribution in [3.8, 4) is 5.75 Å². The van der Waals surface area contributed by atoms with Crippen LogP contribution in [0.15, 0.2) is 71.6 Å². The Kier molecular flexibility index (Phi) is 9.08. The average molecular weight is 570 g/mol. The first kappa shape index (κ1) is 28.8. The van der Waals surface area contributed by atoms with E-state index in [1.807, 2.05) is 26.0 Å². The number of carbonyl (C=O) groups excluding carboxylic acids is 1. The van der Waals surface area contributed by atoms with Crippen LogP contribution in [0.3, 0.4) is 0 Å². The molecule has 1 aliphatic rings. The SMILES string of the molecule is COc1ccc(Cl)cc1N(CC(=O)NC(C)c1ccc(N2CCCC(C)C2)cc1)S(=O)(=O)c1ccc(C)cc1. The molecule has 39 heavy (non-hydrogen) atoms. The van der Waals surface area contributed by atoms with E-state index in [4.69, 9.17) is 16.3 Å². The van der Waals surface area contributed by atoms with Gasteiger partial charge in [-0.15, -0.1) is 0 Å². The molecule has 3 aromatic rings. The molecule has 9 heteroatoms. The molecule has 0 saturated carbocycles. The quantitative estimate of drug-likeness (QED) is 0.344. The van der Waals surface area contributed by atoms with E-state index in [1.54, 1.807) is 24.3 Å². The van der Waals surface area contributed by atoms with E-state index >= 15 is 0 Å². The number of sulfonamides is 1. The van der Waals surface area contributed by atoms with Crippen LogP contribution in [0.1, 0.15) is 43.9 Å². The molecule has 1 saturated heterocycles. The number of ether oxygens (including phenoxy) is 1. The molecular formula is C30H36ClN3O4S. The molecular weight excluding hydrogens is 534 g/mol. The molecule has 1 N–H and O–H groups in total. The van der Waals surface area contributed by atoms with Crippen molar-refractivity contribution in [3.63, 3.8) is 0 Å². The van der Waals surface area contributed by atoms with Crippen LogP contribution in [0.4, 0.5) is 11.4 Å². The maximum absolute atomic E-state index is 13.8. The van der Waals surface area contributed by atoms with Crippen molar-refractivity contribution in [3.05, 3.63) is 82.9 Å². The standard InChI is InChI=1S/C30H36ClN3O4S/c1-21-7-14-27(15-8-21)39(36,37)34(28-18-25(31)11-16-29(28)38-4)20-30(35)32-23(3)24-9-12-26(13-10-24)33-17-5-6-22(2)19-33/h7-16,18,22-23H,5-6,17,19-20H2,1-4H3,(H,32,35). The number of hydrogen-bond donors (Lipinski definition) is 1. The largest absolute Gasteiger partial charge is 0.495 e. The van der Waals surface area contributed by atoms with Crippen molar-refractivity contribution in [1.29, 1.82) is 0 Å². The molecule has 4 rings (SSSR count). The molecule has 1 fully saturated rings. The van der Waals surface area contributed by atoms with Crippen LogP contribution in [-0.2, 0) is 14.8 Å². The van der Waals surface area contributed by atoms with Crippen molar-refractivity contribution in [2.24, 2.45) is 5.92 Å². The molecule has 0 aromatic heterocycles. The summed E-state index contributed by atoms with van der Waals surface area (Å²) in [5.41, 5.74) is 3.22. The molecule has 1 aliphatic heterocycles. The zero-order valence-electron chi connectivity index (χ0n) is 22.9. The van der Waals surface area contributed by atoms with Gasteiger partial charge in [0.1, 0.15) is 12.3 Å². The van der Waals surface area contributed by atoms with Crippen LogP contribution >= 0.6 is 11.6 Å². The van der Waals surface area contributed by atoms with Crippen LogP contribution in [0.2, 0.25) is 5.02 Å². The summed E-state index contributed by atoms with van der Waals surface area (Å²) in [6.07, 6.45) is 2.45. The zero-order chi connectivity index (χ0) is 28.2. The highest BCUT2D eigenvalue weighted by atomic mass is 35.5. The Bertz CT molecular complexity index is 1390. The Hall–Kier alpha value is -3.23. The molecule has 2 unspecified atom stereocenters. The van der Waals surface area contributed by atoms with Gasteiger partial charge in [0.05, 0.1) is 23.7 Å². The van der Waals surface area contributed by atoms with E-state index < -0.39 is 22.5 Å². The number of anilines is 2. The summed E-state index contributed by atoms with van der Waals surface area (Å²) >= 11 is 6.23. The molecule has 7 nitrogen and oxygen atoms in total. The number of hydrogen-bond acceptors (Lipinski definition) is 5. The number of rotatable bonds is 9. The number of amides is 1. The molecule has 0 radical (unpaired) electrons. The van der Waals surface area contributed by atoms with E-state index in [9.17, 15) is 13.2 Å². The predicted molar refractivity (Wildman–Crippen MR) is 157 cm³/mol. The summed E-state index contributed by atoms with van der Waals surface area (Å²) in [7, 11) is -2.67. The third-order valence-electron chi connectivity index (χ3n) is 7.10. The molecule has 208 valence electrons. The minimum absolute atomic E-state index is 0.0681. The van der Waals surface area contributed by atoms with Gasteiger partial charge in [0, 0.05) is 23.8 Å². The first-order valence-corrected chi connectivity index (χ1v) is 15.0. The Morgan fingerprint density at radius 3 is 2.46 bits per heavy atom. The second-order valence-electron chi connectivity index (χ2n) is 10.2. The van der Waals surface area contributed by atoms with Crippen LogP contribution in [0.25, 0.3) is 0 Å². The predicted octanol–water partition coefficient (Wildman–Crippen LogP) is 5.97. The highest BCUT2D eigenvalue weighted by Gasteiger charge is 2.30. The lowest BCUT2D eigenvalue weighted by Crippen LogP contribution is -2.41. The number of nitrogens with zero attached hydrogens (tertiary/aromatic N) is 2. The minimum atomic E-state index is -4.11. The molecule has 1 heterocycles. The van der Waals surface area contributed by atoms with Gasteiger partial charge < -0.3 is 15.0 Å². The van der Waals surface area contributed by atoms with Gasteiger partial charge in [-0.25, -0.2) is 8.42 Å². The van der Waals surface area contributed by atoms with Crippen LogP contribution in [-0.4, -0.2) is 41.1 Å². The maximum atomic E-state index is 13.8. The van der Waals surface area contributed by atoms with Crippen LogP contribution in [0, 0.1) is 12.8 Å². The number of benzene rings is 3. The van der Waals surface area contributed by atoms with Crippen molar-refractivity contribution in [2.75, 3.05) is 35.9 Å². The summed E-state index contributed by atoms with van der Waals surface area (Å²) in [6.45, 7) is 7.69. The fourth-order valence-corrected chi connectivity index (χ4v) is 6.48. The van der Waals surface area contributed by atoms with Gasteiger partial charge in [0.2, 0.25) is 5.91 Å².